The zero-order chi connectivity index (χ0) is 18.4. The number of rotatable bonds is 3. The van der Waals surface area contributed by atoms with Gasteiger partial charge in [-0.3, -0.25) is 14.9 Å². The number of ketones is 1. The minimum atomic E-state index is -0.433. The van der Waals surface area contributed by atoms with Gasteiger partial charge in [-0.2, -0.15) is 4.98 Å². The lowest BCUT2D eigenvalue weighted by atomic mass is 9.81. The lowest BCUT2D eigenvalue weighted by molar-refractivity contribution is -0.384. The zero-order valence-corrected chi connectivity index (χ0v) is 15.1. The first-order chi connectivity index (χ1) is 12.5. The first kappa shape index (κ1) is 16.8. The van der Waals surface area contributed by atoms with Crippen LogP contribution in [0.3, 0.4) is 0 Å². The normalized spacial score (nSPS) is 21.8. The molecule has 0 amide bonds. The van der Waals surface area contributed by atoms with Crippen molar-refractivity contribution in [1.82, 2.24) is 14.8 Å². The third-order valence-electron chi connectivity index (χ3n) is 4.71. The molecule has 1 N–H and O–H groups in total. The molecular weight excluding hydrogens is 354 g/mol. The third kappa shape index (κ3) is 2.68. The van der Waals surface area contributed by atoms with Crippen molar-refractivity contribution >= 4 is 29.2 Å². The molecule has 1 aliphatic carbocycles. The monoisotopic (exact) mass is 371 g/mol. The van der Waals surface area contributed by atoms with Crippen LogP contribution in [0.1, 0.15) is 31.4 Å². The molecule has 1 aromatic heterocycles. The molecule has 0 saturated carbocycles. The topological polar surface area (TPSA) is 103 Å². The van der Waals surface area contributed by atoms with Crippen molar-refractivity contribution in [2.24, 2.45) is 5.92 Å². The van der Waals surface area contributed by atoms with Crippen LogP contribution in [0.25, 0.3) is 0 Å². The van der Waals surface area contributed by atoms with Gasteiger partial charge in [0, 0.05) is 29.8 Å². The minimum Gasteiger partial charge on any atom is -0.328 e. The van der Waals surface area contributed by atoms with Gasteiger partial charge in [0.25, 0.3) is 5.69 Å². The summed E-state index contributed by atoms with van der Waals surface area (Å²) in [5.41, 5.74) is 2.36. The standard InChI is InChI=1S/C17H17N5O3S/c1-9-7-12-14(13(23)8-9)15(10-3-5-11(6-4-10)22(24)25)21-16(18-12)19-17(20-21)26-2/h3-6,9,15H,7-8H2,1-2H3,(H,18,19,20)/t9-,15+/m0/s1. The Morgan fingerprint density at radius 2 is 2.04 bits per heavy atom. The molecule has 8 nitrogen and oxygen atoms in total. The van der Waals surface area contributed by atoms with Crippen LogP contribution in [-0.2, 0) is 4.79 Å². The summed E-state index contributed by atoms with van der Waals surface area (Å²) in [4.78, 5) is 27.8. The lowest BCUT2D eigenvalue weighted by Gasteiger charge is -2.34. The van der Waals surface area contributed by atoms with Gasteiger partial charge in [0.15, 0.2) is 5.78 Å². The fourth-order valence-corrected chi connectivity index (χ4v) is 3.91. The van der Waals surface area contributed by atoms with Gasteiger partial charge in [0.05, 0.1) is 4.92 Å². The number of nitrogens with one attached hydrogen (secondary N) is 1. The minimum absolute atomic E-state index is 0.0177. The summed E-state index contributed by atoms with van der Waals surface area (Å²) in [6.45, 7) is 2.05. The summed E-state index contributed by atoms with van der Waals surface area (Å²) < 4.78 is 1.71. The van der Waals surface area contributed by atoms with Crippen molar-refractivity contribution in [1.29, 1.82) is 0 Å². The average molecular weight is 371 g/mol. The number of anilines is 1. The van der Waals surface area contributed by atoms with Crippen LogP contribution < -0.4 is 5.32 Å². The van der Waals surface area contributed by atoms with E-state index < -0.39 is 11.0 Å². The largest absolute Gasteiger partial charge is 0.328 e. The Kier molecular flexibility index (Phi) is 4.03. The Hall–Kier alpha value is -2.68. The van der Waals surface area contributed by atoms with Gasteiger partial charge < -0.3 is 5.32 Å². The second kappa shape index (κ2) is 6.24. The molecule has 26 heavy (non-hydrogen) atoms. The molecule has 0 bridgehead atoms. The van der Waals surface area contributed by atoms with E-state index >= 15 is 0 Å². The summed E-state index contributed by atoms with van der Waals surface area (Å²) in [5, 5.41) is 19.3. The van der Waals surface area contributed by atoms with E-state index in [-0.39, 0.29) is 17.4 Å². The van der Waals surface area contributed by atoms with E-state index in [2.05, 4.69) is 22.3 Å². The second-order valence-electron chi connectivity index (χ2n) is 6.57. The van der Waals surface area contributed by atoms with Crippen LogP contribution in [0.5, 0.6) is 0 Å². The van der Waals surface area contributed by atoms with Crippen LogP contribution in [0.15, 0.2) is 40.7 Å². The van der Waals surface area contributed by atoms with Crippen LogP contribution >= 0.6 is 11.8 Å². The van der Waals surface area contributed by atoms with E-state index in [1.807, 2.05) is 6.26 Å². The van der Waals surface area contributed by atoms with Crippen LogP contribution in [-0.4, -0.2) is 31.7 Å². The molecule has 9 heteroatoms. The van der Waals surface area contributed by atoms with E-state index in [9.17, 15) is 14.9 Å². The Labute approximate surface area is 153 Å². The Bertz CT molecular complexity index is 934. The van der Waals surface area contributed by atoms with E-state index in [1.165, 1.54) is 23.9 Å². The quantitative estimate of drug-likeness (QED) is 0.502. The number of fused-ring (bicyclic) bond motifs is 1. The summed E-state index contributed by atoms with van der Waals surface area (Å²) in [5.74, 6) is 0.945. The van der Waals surface area contributed by atoms with E-state index in [1.54, 1.807) is 16.8 Å². The van der Waals surface area contributed by atoms with Gasteiger partial charge in [-0.25, -0.2) is 4.68 Å². The SMILES string of the molecule is CSc1nc2n(n1)[C@H](c1ccc([N+](=O)[O-])cc1)C1=C(C[C@H](C)CC1=O)N2. The highest BCUT2D eigenvalue weighted by Gasteiger charge is 2.38. The highest BCUT2D eigenvalue weighted by atomic mass is 32.2. The van der Waals surface area contributed by atoms with Gasteiger partial charge in [0.1, 0.15) is 6.04 Å². The molecule has 1 aliphatic heterocycles. The highest BCUT2D eigenvalue weighted by molar-refractivity contribution is 7.98. The number of carbonyl (C=O) groups excluding carboxylic acids is 1. The molecular formula is C17H17N5O3S. The number of non-ortho nitro benzene ring substituents is 1. The number of benzene rings is 1. The molecule has 4 rings (SSSR count). The van der Waals surface area contributed by atoms with Crippen molar-refractivity contribution < 1.29 is 9.72 Å². The van der Waals surface area contributed by atoms with Gasteiger partial charge in [0.2, 0.25) is 11.1 Å². The molecule has 0 fully saturated rings. The number of hydrogen-bond acceptors (Lipinski definition) is 7. The average Bonchev–Trinajstić information content (AvgIpc) is 3.02. The van der Waals surface area contributed by atoms with Crippen molar-refractivity contribution in [2.45, 2.75) is 31.0 Å². The summed E-state index contributed by atoms with van der Waals surface area (Å²) in [6, 6.07) is 5.87. The first-order valence-corrected chi connectivity index (χ1v) is 9.48. The molecule has 0 unspecified atom stereocenters. The number of thioether (sulfide) groups is 1. The molecule has 0 radical (unpaired) electrons. The van der Waals surface area contributed by atoms with Crippen molar-refractivity contribution in [3.05, 3.63) is 51.2 Å². The number of hydrogen-bond donors (Lipinski definition) is 1. The molecule has 134 valence electrons. The third-order valence-corrected chi connectivity index (χ3v) is 5.24. The molecule has 2 atom stereocenters. The first-order valence-electron chi connectivity index (χ1n) is 8.26. The number of nitro groups is 1. The predicted molar refractivity (Wildman–Crippen MR) is 97.1 cm³/mol. The zero-order valence-electron chi connectivity index (χ0n) is 14.3. The smallest absolute Gasteiger partial charge is 0.269 e. The van der Waals surface area contributed by atoms with Crippen LogP contribution in [0.4, 0.5) is 11.6 Å². The van der Waals surface area contributed by atoms with Crippen molar-refractivity contribution in [2.75, 3.05) is 11.6 Å². The number of aromatic nitrogens is 3. The summed E-state index contributed by atoms with van der Waals surface area (Å²) in [7, 11) is 0. The van der Waals surface area contributed by atoms with Gasteiger partial charge in [-0.05, 0) is 36.3 Å². The molecule has 2 heterocycles. The number of allylic oxidation sites excluding steroid dienone is 2. The molecule has 2 aliphatic rings. The van der Waals surface area contributed by atoms with E-state index in [0.717, 1.165) is 17.7 Å². The van der Waals surface area contributed by atoms with Gasteiger partial charge in [-0.15, -0.1) is 5.10 Å². The Morgan fingerprint density at radius 3 is 2.69 bits per heavy atom. The van der Waals surface area contributed by atoms with Crippen molar-refractivity contribution in [3.8, 4) is 0 Å². The molecule has 2 aromatic rings. The lowest BCUT2D eigenvalue weighted by Crippen LogP contribution is -2.33. The molecule has 0 saturated heterocycles. The molecule has 0 spiro atoms. The number of Topliss-reactive ketones (excluding diaryl/α,β-unsaturated/α-hetero) is 1. The Balaban J connectivity index is 1.86. The molecule has 1 aromatic carbocycles. The Morgan fingerprint density at radius 1 is 1.31 bits per heavy atom. The maximum absolute atomic E-state index is 12.8. The fourth-order valence-electron chi connectivity index (χ4n) is 3.56. The number of nitrogens with zero attached hydrogens (tertiary/aromatic N) is 4. The maximum atomic E-state index is 12.8. The van der Waals surface area contributed by atoms with E-state index in [4.69, 9.17) is 0 Å². The van der Waals surface area contributed by atoms with Crippen LogP contribution in [0, 0.1) is 16.0 Å². The summed E-state index contributed by atoms with van der Waals surface area (Å²) in [6.07, 6.45) is 3.15. The van der Waals surface area contributed by atoms with Crippen molar-refractivity contribution in [3.63, 3.8) is 0 Å². The fraction of sp³-hybridized carbons (Fsp3) is 0.353. The van der Waals surface area contributed by atoms with Gasteiger partial charge >= 0.3 is 0 Å². The second-order valence-corrected chi connectivity index (χ2v) is 7.35. The maximum Gasteiger partial charge on any atom is 0.269 e. The predicted octanol–water partition coefficient (Wildman–Crippen LogP) is 3.18. The number of nitro benzene ring substituents is 1. The highest BCUT2D eigenvalue weighted by Crippen LogP contribution is 2.41. The summed E-state index contributed by atoms with van der Waals surface area (Å²) >= 11 is 1.42. The van der Waals surface area contributed by atoms with E-state index in [0.29, 0.717) is 23.1 Å². The van der Waals surface area contributed by atoms with Gasteiger partial charge in [-0.1, -0.05) is 18.7 Å². The van der Waals surface area contributed by atoms with Crippen LogP contribution in [0.2, 0.25) is 0 Å². The number of carbonyl (C=O) groups is 1.